The van der Waals surface area contributed by atoms with Crippen LogP contribution in [-0.4, -0.2) is 8.42 Å². The number of hydrogen-bond acceptors (Lipinski definition) is 3. The summed E-state index contributed by atoms with van der Waals surface area (Å²) >= 11 is 0. The molecule has 0 unspecified atom stereocenters. The van der Waals surface area contributed by atoms with Crippen molar-refractivity contribution < 1.29 is 12.8 Å². The van der Waals surface area contributed by atoms with Crippen LogP contribution in [0.4, 0.5) is 10.1 Å². The molecule has 0 heterocycles. The first-order valence-electron chi connectivity index (χ1n) is 6.02. The lowest BCUT2D eigenvalue weighted by Crippen LogP contribution is -2.27. The largest absolute Gasteiger partial charge is 0.399 e. The fourth-order valence-corrected chi connectivity index (χ4v) is 3.13. The van der Waals surface area contributed by atoms with E-state index in [1.165, 1.54) is 6.07 Å². The quantitative estimate of drug-likeness (QED) is 0.851. The molecule has 0 aromatic heterocycles. The first-order valence-corrected chi connectivity index (χ1v) is 7.51. The van der Waals surface area contributed by atoms with Gasteiger partial charge in [0.15, 0.2) is 0 Å². The molecule has 0 saturated heterocycles. The minimum Gasteiger partial charge on any atom is -0.399 e. The van der Waals surface area contributed by atoms with E-state index >= 15 is 0 Å². The number of benzene rings is 2. The van der Waals surface area contributed by atoms with Gasteiger partial charge in [0.1, 0.15) is 10.7 Å². The third-order valence-corrected chi connectivity index (χ3v) is 4.45. The summed E-state index contributed by atoms with van der Waals surface area (Å²) < 4.78 is 40.5. The van der Waals surface area contributed by atoms with E-state index in [0.717, 1.165) is 17.7 Å². The van der Waals surface area contributed by atoms with Crippen LogP contribution in [0, 0.1) is 5.82 Å². The van der Waals surface area contributed by atoms with Gasteiger partial charge in [0.05, 0.1) is 0 Å². The van der Waals surface area contributed by atoms with Crippen molar-refractivity contribution >= 4 is 15.7 Å². The van der Waals surface area contributed by atoms with Crippen LogP contribution in [0.25, 0.3) is 0 Å². The van der Waals surface area contributed by atoms with Gasteiger partial charge in [-0.2, -0.15) is 0 Å². The van der Waals surface area contributed by atoms with Crippen molar-refractivity contribution in [2.75, 3.05) is 5.73 Å². The smallest absolute Gasteiger partial charge is 0.244 e. The van der Waals surface area contributed by atoms with Crippen LogP contribution < -0.4 is 10.5 Å². The zero-order valence-electron chi connectivity index (χ0n) is 10.9. The number of nitrogen functional groups attached to an aromatic ring is 1. The molecule has 0 bridgehead atoms. The van der Waals surface area contributed by atoms with Crippen LogP contribution >= 0.6 is 0 Å². The highest BCUT2D eigenvalue weighted by Crippen LogP contribution is 2.20. The van der Waals surface area contributed by atoms with Crippen molar-refractivity contribution in [3.63, 3.8) is 0 Å². The summed E-state index contributed by atoms with van der Waals surface area (Å²) in [5.41, 5.74) is 6.38. The van der Waals surface area contributed by atoms with Gasteiger partial charge in [-0.15, -0.1) is 0 Å². The second kappa shape index (κ2) is 5.60. The summed E-state index contributed by atoms with van der Waals surface area (Å²) in [4.78, 5) is -0.408. The molecule has 2 aromatic rings. The molecule has 0 aliphatic rings. The average Bonchev–Trinajstić information content (AvgIpc) is 2.38. The number of anilines is 1. The minimum atomic E-state index is -3.94. The van der Waals surface area contributed by atoms with E-state index in [2.05, 4.69) is 4.72 Å². The number of rotatable bonds is 4. The molecule has 6 heteroatoms. The van der Waals surface area contributed by atoms with Gasteiger partial charge in [0.2, 0.25) is 10.0 Å². The van der Waals surface area contributed by atoms with E-state index in [1.807, 2.05) is 18.2 Å². The highest BCUT2D eigenvalue weighted by molar-refractivity contribution is 7.89. The fraction of sp³-hybridized carbons (Fsp3) is 0.143. The summed E-state index contributed by atoms with van der Waals surface area (Å²) in [6, 6.07) is 12.1. The maximum absolute atomic E-state index is 13.7. The highest BCUT2D eigenvalue weighted by atomic mass is 32.2. The molecule has 0 aliphatic heterocycles. The molecule has 3 N–H and O–H groups in total. The van der Waals surface area contributed by atoms with Crippen LogP contribution in [0.15, 0.2) is 53.4 Å². The van der Waals surface area contributed by atoms with Crippen LogP contribution in [-0.2, 0) is 10.0 Å². The molecule has 4 nitrogen and oxygen atoms in total. The van der Waals surface area contributed by atoms with Gasteiger partial charge >= 0.3 is 0 Å². The van der Waals surface area contributed by atoms with Gasteiger partial charge in [-0.05, 0) is 30.7 Å². The van der Waals surface area contributed by atoms with Crippen LogP contribution in [0.2, 0.25) is 0 Å². The van der Waals surface area contributed by atoms with Gasteiger partial charge in [-0.3, -0.25) is 0 Å². The first kappa shape index (κ1) is 14.5. The summed E-state index contributed by atoms with van der Waals surface area (Å²) in [7, 11) is -3.94. The Morgan fingerprint density at radius 2 is 1.80 bits per heavy atom. The monoisotopic (exact) mass is 294 g/mol. The minimum absolute atomic E-state index is 0.178. The second-order valence-corrected chi connectivity index (χ2v) is 6.13. The molecule has 20 heavy (non-hydrogen) atoms. The van der Waals surface area contributed by atoms with Crippen molar-refractivity contribution in [3.8, 4) is 0 Å². The van der Waals surface area contributed by atoms with Gasteiger partial charge < -0.3 is 5.73 Å². The van der Waals surface area contributed by atoms with E-state index in [0.29, 0.717) is 0 Å². The van der Waals surface area contributed by atoms with Crippen molar-refractivity contribution in [2.45, 2.75) is 17.9 Å². The topological polar surface area (TPSA) is 72.2 Å². The fourth-order valence-electron chi connectivity index (χ4n) is 1.84. The van der Waals surface area contributed by atoms with E-state index in [9.17, 15) is 12.8 Å². The molecule has 0 fully saturated rings. The zero-order valence-corrected chi connectivity index (χ0v) is 11.7. The number of sulfonamides is 1. The molecular formula is C14H15FN2O2S. The molecule has 0 radical (unpaired) electrons. The summed E-state index contributed by atoms with van der Waals surface area (Å²) in [5.74, 6) is -0.863. The SMILES string of the molecule is C[C@H](NS(=O)(=O)c1ccc(N)cc1F)c1ccccc1. The average molecular weight is 294 g/mol. The molecule has 0 spiro atoms. The van der Waals surface area contributed by atoms with Crippen LogP contribution in [0.5, 0.6) is 0 Å². The first-order chi connectivity index (χ1) is 9.40. The van der Waals surface area contributed by atoms with Gasteiger partial charge in [0.25, 0.3) is 0 Å². The van der Waals surface area contributed by atoms with Crippen molar-refractivity contribution in [2.24, 2.45) is 0 Å². The Labute approximate surface area is 117 Å². The van der Waals surface area contributed by atoms with Gasteiger partial charge in [0, 0.05) is 11.7 Å². The second-order valence-electron chi connectivity index (χ2n) is 4.44. The molecule has 0 saturated carbocycles. The van der Waals surface area contributed by atoms with Crippen LogP contribution in [0.1, 0.15) is 18.5 Å². The van der Waals surface area contributed by atoms with Gasteiger partial charge in [-0.25, -0.2) is 17.5 Å². The number of nitrogens with two attached hydrogens (primary N) is 1. The standard InChI is InChI=1S/C14H15FN2O2S/c1-10(11-5-3-2-4-6-11)17-20(18,19)14-8-7-12(16)9-13(14)15/h2-10,17H,16H2,1H3/t10-/m0/s1. The van der Waals surface area contributed by atoms with E-state index in [4.69, 9.17) is 5.73 Å². The Kier molecular flexibility index (Phi) is 4.06. The maximum Gasteiger partial charge on any atom is 0.244 e. The normalized spacial score (nSPS) is 13.1. The Morgan fingerprint density at radius 1 is 1.15 bits per heavy atom. The summed E-state index contributed by atoms with van der Waals surface area (Å²) in [6.45, 7) is 1.70. The maximum atomic E-state index is 13.7. The molecule has 0 amide bonds. The number of nitrogens with one attached hydrogen (secondary N) is 1. The van der Waals surface area contributed by atoms with Crippen molar-refractivity contribution in [1.29, 1.82) is 0 Å². The van der Waals surface area contributed by atoms with Gasteiger partial charge in [-0.1, -0.05) is 30.3 Å². The molecular weight excluding hydrogens is 279 g/mol. The van der Waals surface area contributed by atoms with Crippen molar-refractivity contribution in [1.82, 2.24) is 4.72 Å². The molecule has 0 aliphatic carbocycles. The predicted molar refractivity (Wildman–Crippen MR) is 76.0 cm³/mol. The number of halogens is 1. The molecule has 1 atom stereocenters. The lowest BCUT2D eigenvalue weighted by molar-refractivity contribution is 0.547. The van der Waals surface area contributed by atoms with Crippen molar-refractivity contribution in [3.05, 3.63) is 59.9 Å². The van der Waals surface area contributed by atoms with E-state index < -0.39 is 26.8 Å². The third kappa shape index (κ3) is 3.15. The van der Waals surface area contributed by atoms with E-state index in [1.54, 1.807) is 19.1 Å². The number of hydrogen-bond donors (Lipinski definition) is 2. The molecule has 106 valence electrons. The Hall–Kier alpha value is -1.92. The van der Waals surface area contributed by atoms with Crippen LogP contribution in [0.3, 0.4) is 0 Å². The summed E-state index contributed by atoms with van der Waals surface area (Å²) in [5, 5.41) is 0. The highest BCUT2D eigenvalue weighted by Gasteiger charge is 2.21. The summed E-state index contributed by atoms with van der Waals surface area (Å²) in [6.07, 6.45) is 0. The third-order valence-electron chi connectivity index (χ3n) is 2.88. The lowest BCUT2D eigenvalue weighted by Gasteiger charge is -2.15. The predicted octanol–water partition coefficient (Wildman–Crippen LogP) is 2.45. The zero-order chi connectivity index (χ0) is 14.8. The Bertz CT molecular complexity index is 702. The Balaban J connectivity index is 2.28. The Morgan fingerprint density at radius 3 is 2.40 bits per heavy atom. The molecule has 2 rings (SSSR count). The van der Waals surface area contributed by atoms with E-state index in [-0.39, 0.29) is 5.69 Å². The lowest BCUT2D eigenvalue weighted by atomic mass is 10.1. The molecule has 2 aromatic carbocycles.